The predicted octanol–water partition coefficient (Wildman–Crippen LogP) is 4.07. The van der Waals surface area contributed by atoms with Crippen LogP contribution in [0.4, 0.5) is 5.82 Å². The Kier molecular flexibility index (Phi) is 7.21. The van der Waals surface area contributed by atoms with Crippen LogP contribution in [0.3, 0.4) is 0 Å². The van der Waals surface area contributed by atoms with E-state index in [1.165, 1.54) is 4.57 Å². The van der Waals surface area contributed by atoms with Crippen LogP contribution in [0.15, 0.2) is 77.7 Å². The van der Waals surface area contributed by atoms with Gasteiger partial charge in [-0.1, -0.05) is 36.4 Å². The Morgan fingerprint density at radius 3 is 2.77 bits per heavy atom. The van der Waals surface area contributed by atoms with Crippen LogP contribution in [-0.2, 0) is 11.8 Å². The zero-order valence-electron chi connectivity index (χ0n) is 19.5. The van der Waals surface area contributed by atoms with Crippen LogP contribution in [0.1, 0.15) is 29.3 Å². The van der Waals surface area contributed by atoms with E-state index >= 15 is 0 Å². The number of methoxy groups -OCH3 is 1. The first-order valence-corrected chi connectivity index (χ1v) is 11.1. The molecule has 2 N–H and O–H groups in total. The number of carboxylic acids is 1. The minimum Gasteiger partial charge on any atom is -0.497 e. The highest BCUT2D eigenvalue weighted by molar-refractivity contribution is 5.81. The number of fused-ring (bicyclic) bond motifs is 1. The van der Waals surface area contributed by atoms with Crippen molar-refractivity contribution in [3.63, 3.8) is 0 Å². The van der Waals surface area contributed by atoms with Gasteiger partial charge in [0.25, 0.3) is 5.56 Å². The zero-order valence-corrected chi connectivity index (χ0v) is 19.5. The van der Waals surface area contributed by atoms with Gasteiger partial charge in [-0.25, -0.2) is 9.97 Å². The fourth-order valence-electron chi connectivity index (χ4n) is 3.94. The fourth-order valence-corrected chi connectivity index (χ4v) is 3.94. The van der Waals surface area contributed by atoms with Crippen LogP contribution >= 0.6 is 0 Å². The molecule has 178 valence electrons. The molecule has 0 spiro atoms. The number of nitrogens with one attached hydrogen (secondary N) is 1. The lowest BCUT2D eigenvalue weighted by Crippen LogP contribution is -2.26. The molecule has 0 saturated carbocycles. The van der Waals surface area contributed by atoms with E-state index in [0.29, 0.717) is 34.6 Å². The summed E-state index contributed by atoms with van der Waals surface area (Å²) in [6.45, 7) is 0.585. The zero-order chi connectivity index (χ0) is 24.8. The largest absolute Gasteiger partial charge is 0.497 e. The first-order valence-electron chi connectivity index (χ1n) is 11.1. The maximum atomic E-state index is 13.3. The fraction of sp³-hybridized carbons (Fsp3) is 0.185. The van der Waals surface area contributed by atoms with Crippen LogP contribution < -0.4 is 15.6 Å². The van der Waals surface area contributed by atoms with E-state index in [2.05, 4.69) is 10.3 Å². The second kappa shape index (κ2) is 10.6. The van der Waals surface area contributed by atoms with Gasteiger partial charge in [0.05, 0.1) is 30.4 Å². The Morgan fingerprint density at radius 2 is 2.03 bits per heavy atom. The molecule has 8 heteroatoms. The smallest absolute Gasteiger partial charge is 0.304 e. The van der Waals surface area contributed by atoms with Crippen LogP contribution in [0.5, 0.6) is 5.75 Å². The summed E-state index contributed by atoms with van der Waals surface area (Å²) in [5, 5.41) is 13.2. The summed E-state index contributed by atoms with van der Waals surface area (Å²) in [4.78, 5) is 33.9. The van der Waals surface area contributed by atoms with E-state index in [9.17, 15) is 14.7 Å². The minimum atomic E-state index is -0.980. The molecule has 8 nitrogen and oxygen atoms in total. The molecule has 0 aliphatic heterocycles. The molecule has 35 heavy (non-hydrogen) atoms. The molecule has 0 amide bonds. The number of pyridine rings is 1. The average Bonchev–Trinajstić information content (AvgIpc) is 2.88. The number of anilines is 1. The van der Waals surface area contributed by atoms with Gasteiger partial charge in [-0.2, -0.15) is 0 Å². The first-order chi connectivity index (χ1) is 17.0. The highest BCUT2D eigenvalue weighted by Crippen LogP contribution is 2.29. The topological polar surface area (TPSA) is 106 Å². The molecule has 4 rings (SSSR count). The lowest BCUT2D eigenvalue weighted by Gasteiger charge is -2.19. The van der Waals surface area contributed by atoms with Gasteiger partial charge in [-0.15, -0.1) is 0 Å². The van der Waals surface area contributed by atoms with E-state index in [1.807, 2.05) is 42.5 Å². The number of benzene rings is 2. The maximum Gasteiger partial charge on any atom is 0.304 e. The second-order valence-corrected chi connectivity index (χ2v) is 8.04. The van der Waals surface area contributed by atoms with Crippen molar-refractivity contribution in [2.45, 2.75) is 12.3 Å². The van der Waals surface area contributed by atoms with Crippen molar-refractivity contribution < 1.29 is 14.6 Å². The molecule has 2 aromatic carbocycles. The van der Waals surface area contributed by atoms with E-state index in [1.54, 1.807) is 50.7 Å². The molecule has 0 aliphatic rings. The molecule has 0 saturated heterocycles. The summed E-state index contributed by atoms with van der Waals surface area (Å²) in [5.74, 6) is 0.195. The number of hydrogen-bond acceptors (Lipinski definition) is 6. The average molecular weight is 471 g/mol. The summed E-state index contributed by atoms with van der Waals surface area (Å²) >= 11 is 0. The van der Waals surface area contributed by atoms with Crippen LogP contribution in [-0.4, -0.2) is 39.3 Å². The van der Waals surface area contributed by atoms with Crippen molar-refractivity contribution in [2.24, 2.45) is 7.05 Å². The summed E-state index contributed by atoms with van der Waals surface area (Å²) < 4.78 is 6.73. The Hall–Kier alpha value is -4.46. The molecular weight excluding hydrogens is 444 g/mol. The van der Waals surface area contributed by atoms with Gasteiger partial charge in [-0.3, -0.25) is 14.2 Å². The molecular formula is C27H26N4O4. The number of aliphatic carboxylic acids is 1. The SMILES string of the molecule is COc1cccc([C@@H](CC(=O)O)c2nc3ccc(/C=C/CNc4ccccn4)cc3c(=O)n2C)c1. The molecule has 0 fully saturated rings. The van der Waals surface area contributed by atoms with Crippen molar-refractivity contribution in [3.05, 3.63) is 100 Å². The van der Waals surface area contributed by atoms with Crippen LogP contribution in [0.25, 0.3) is 17.0 Å². The number of carboxylic acid groups (broad SMARTS) is 1. The van der Waals surface area contributed by atoms with Crippen LogP contribution in [0, 0.1) is 0 Å². The van der Waals surface area contributed by atoms with Gasteiger partial charge in [0.2, 0.25) is 0 Å². The van der Waals surface area contributed by atoms with Gasteiger partial charge in [0.1, 0.15) is 17.4 Å². The third-order valence-corrected chi connectivity index (χ3v) is 5.70. The number of ether oxygens (including phenoxy) is 1. The van der Waals surface area contributed by atoms with Crippen molar-refractivity contribution in [1.29, 1.82) is 0 Å². The van der Waals surface area contributed by atoms with E-state index in [-0.39, 0.29) is 12.0 Å². The number of aromatic nitrogens is 3. The van der Waals surface area contributed by atoms with Crippen molar-refractivity contribution in [2.75, 3.05) is 19.0 Å². The maximum absolute atomic E-state index is 13.3. The molecule has 2 aromatic heterocycles. The highest BCUT2D eigenvalue weighted by Gasteiger charge is 2.24. The monoisotopic (exact) mass is 470 g/mol. The Labute approximate surface area is 202 Å². The summed E-state index contributed by atoms with van der Waals surface area (Å²) in [6.07, 6.45) is 5.39. The van der Waals surface area contributed by atoms with Crippen molar-refractivity contribution in [1.82, 2.24) is 14.5 Å². The van der Waals surface area contributed by atoms with Gasteiger partial charge < -0.3 is 15.2 Å². The Morgan fingerprint density at radius 1 is 1.17 bits per heavy atom. The molecule has 0 aliphatic carbocycles. The Balaban J connectivity index is 1.65. The molecule has 4 aromatic rings. The lowest BCUT2D eigenvalue weighted by atomic mass is 9.94. The number of nitrogens with zero attached hydrogens (tertiary/aromatic N) is 3. The van der Waals surface area contributed by atoms with Gasteiger partial charge in [-0.05, 0) is 47.5 Å². The third kappa shape index (κ3) is 5.55. The third-order valence-electron chi connectivity index (χ3n) is 5.70. The lowest BCUT2D eigenvalue weighted by molar-refractivity contribution is -0.137. The van der Waals surface area contributed by atoms with E-state index < -0.39 is 11.9 Å². The summed E-state index contributed by atoms with van der Waals surface area (Å²) in [7, 11) is 3.18. The van der Waals surface area contributed by atoms with E-state index in [4.69, 9.17) is 9.72 Å². The molecule has 0 bridgehead atoms. The number of rotatable bonds is 9. The van der Waals surface area contributed by atoms with Crippen molar-refractivity contribution in [3.8, 4) is 5.75 Å². The van der Waals surface area contributed by atoms with Crippen LogP contribution in [0.2, 0.25) is 0 Å². The van der Waals surface area contributed by atoms with Gasteiger partial charge >= 0.3 is 5.97 Å². The van der Waals surface area contributed by atoms with Crippen molar-refractivity contribution >= 4 is 28.8 Å². The minimum absolute atomic E-state index is 0.205. The van der Waals surface area contributed by atoms with E-state index in [0.717, 1.165) is 11.4 Å². The summed E-state index contributed by atoms with van der Waals surface area (Å²) in [6, 6.07) is 18.3. The van der Waals surface area contributed by atoms with Gasteiger partial charge in [0.15, 0.2) is 0 Å². The molecule has 2 heterocycles. The molecule has 0 radical (unpaired) electrons. The second-order valence-electron chi connectivity index (χ2n) is 8.04. The highest BCUT2D eigenvalue weighted by atomic mass is 16.5. The van der Waals surface area contributed by atoms with Gasteiger partial charge in [0, 0.05) is 19.8 Å². The predicted molar refractivity (Wildman–Crippen MR) is 136 cm³/mol. The standard InChI is InChI=1S/C27H26N4O4/c1-31-26(21(17-25(32)33)19-8-5-9-20(16-19)35-2)30-23-12-11-18(15-22(23)27(31)34)7-6-14-29-24-10-3-4-13-28-24/h3-13,15-16,21H,14,17H2,1-2H3,(H,28,29)(H,32,33)/b7-6+/t21-/m1/s1. The number of hydrogen-bond donors (Lipinski definition) is 2. The normalized spacial score (nSPS) is 12.1. The number of carbonyl (C=O) groups is 1. The Bertz CT molecular complexity index is 1430. The summed E-state index contributed by atoms with van der Waals surface area (Å²) in [5.41, 5.74) is 1.87. The quantitative estimate of drug-likeness (QED) is 0.380. The molecule has 1 atom stereocenters. The molecule has 0 unspecified atom stereocenters. The first kappa shape index (κ1) is 23.7.